The maximum Gasteiger partial charge on any atom is 0.289 e. The van der Waals surface area contributed by atoms with Crippen LogP contribution >= 0.6 is 11.3 Å². The van der Waals surface area contributed by atoms with Crippen molar-refractivity contribution in [2.75, 3.05) is 0 Å². The van der Waals surface area contributed by atoms with Gasteiger partial charge in [0.15, 0.2) is 5.13 Å². The zero-order valence-electron chi connectivity index (χ0n) is 9.85. The summed E-state index contributed by atoms with van der Waals surface area (Å²) in [5.41, 5.74) is 3.54. The second-order valence-electron chi connectivity index (χ2n) is 3.64. The number of carbonyl (C=O) groups is 1. The van der Waals surface area contributed by atoms with Crippen molar-refractivity contribution >= 4 is 23.5 Å². The molecule has 0 aliphatic heterocycles. The molecule has 0 spiro atoms. The molecule has 0 aromatic carbocycles. The van der Waals surface area contributed by atoms with Crippen LogP contribution in [0, 0.1) is 12.1 Å². The average molecular weight is 266 g/mol. The minimum absolute atomic E-state index is 0.287. The molecule has 1 amide bonds. The van der Waals surface area contributed by atoms with Crippen molar-refractivity contribution in [2.45, 2.75) is 6.92 Å². The first-order valence-corrected chi connectivity index (χ1v) is 5.97. The fourth-order valence-electron chi connectivity index (χ4n) is 1.43. The fraction of sp³-hybridized carbons (Fsp3) is 0.182. The van der Waals surface area contributed by atoms with Crippen molar-refractivity contribution in [1.82, 2.24) is 15.2 Å². The van der Waals surface area contributed by atoms with Crippen LogP contribution in [0.25, 0.3) is 0 Å². The normalized spacial score (nSPS) is 11.1. The SMILES string of the molecule is Cc1cc(C(=O)NN=Cc2ccc(F)s2)n(C)n1. The molecule has 0 atom stereocenters. The minimum atomic E-state index is -0.355. The molecule has 94 valence electrons. The summed E-state index contributed by atoms with van der Waals surface area (Å²) in [5, 5.41) is 7.53. The van der Waals surface area contributed by atoms with Gasteiger partial charge in [-0.1, -0.05) is 0 Å². The molecule has 2 aromatic rings. The standard InChI is InChI=1S/C11H11FN4OS/c1-7-5-9(16(2)15-7)11(17)14-13-6-8-3-4-10(12)18-8/h3-6H,1-2H3,(H,14,17). The van der Waals surface area contributed by atoms with E-state index in [-0.39, 0.29) is 11.0 Å². The van der Waals surface area contributed by atoms with Gasteiger partial charge in [0.05, 0.1) is 16.8 Å². The van der Waals surface area contributed by atoms with Crippen LogP contribution < -0.4 is 5.43 Å². The van der Waals surface area contributed by atoms with E-state index in [0.717, 1.165) is 17.0 Å². The third kappa shape index (κ3) is 2.80. The maximum atomic E-state index is 12.7. The van der Waals surface area contributed by atoms with Gasteiger partial charge < -0.3 is 0 Å². The lowest BCUT2D eigenvalue weighted by molar-refractivity contribution is 0.0945. The third-order valence-corrected chi connectivity index (χ3v) is 2.99. The highest BCUT2D eigenvalue weighted by Crippen LogP contribution is 2.11. The highest BCUT2D eigenvalue weighted by Gasteiger charge is 2.10. The Morgan fingerprint density at radius 1 is 1.61 bits per heavy atom. The summed E-state index contributed by atoms with van der Waals surface area (Å²) in [6.45, 7) is 1.80. The third-order valence-electron chi connectivity index (χ3n) is 2.19. The van der Waals surface area contributed by atoms with E-state index in [4.69, 9.17) is 0 Å². The molecule has 0 aliphatic carbocycles. The number of nitrogens with zero attached hydrogens (tertiary/aromatic N) is 3. The van der Waals surface area contributed by atoms with Gasteiger partial charge in [0.25, 0.3) is 5.91 Å². The van der Waals surface area contributed by atoms with Gasteiger partial charge in [0.2, 0.25) is 0 Å². The van der Waals surface area contributed by atoms with Gasteiger partial charge in [-0.2, -0.15) is 14.6 Å². The van der Waals surface area contributed by atoms with E-state index in [9.17, 15) is 9.18 Å². The molecule has 0 saturated carbocycles. The van der Waals surface area contributed by atoms with Crippen LogP contribution in [0.2, 0.25) is 0 Å². The lowest BCUT2D eigenvalue weighted by atomic mass is 10.3. The quantitative estimate of drug-likeness (QED) is 0.679. The van der Waals surface area contributed by atoms with Crippen molar-refractivity contribution in [1.29, 1.82) is 0 Å². The van der Waals surface area contributed by atoms with Crippen LogP contribution in [0.15, 0.2) is 23.3 Å². The topological polar surface area (TPSA) is 59.3 Å². The molecule has 2 rings (SSSR count). The first-order chi connectivity index (χ1) is 8.56. The Morgan fingerprint density at radius 2 is 2.39 bits per heavy atom. The summed E-state index contributed by atoms with van der Waals surface area (Å²) in [5.74, 6) is -0.355. The molecule has 18 heavy (non-hydrogen) atoms. The number of nitrogens with one attached hydrogen (secondary N) is 1. The van der Waals surface area contributed by atoms with Crippen LogP contribution in [0.5, 0.6) is 0 Å². The summed E-state index contributed by atoms with van der Waals surface area (Å²) in [4.78, 5) is 12.4. The molecular weight excluding hydrogens is 255 g/mol. The fourth-order valence-corrected chi connectivity index (χ4v) is 2.04. The molecular formula is C11H11FN4OS. The molecule has 2 aromatic heterocycles. The monoisotopic (exact) mass is 266 g/mol. The van der Waals surface area contributed by atoms with E-state index >= 15 is 0 Å². The molecule has 0 saturated heterocycles. The number of hydrogen-bond donors (Lipinski definition) is 1. The molecule has 0 aliphatic rings. The number of aryl methyl sites for hydroxylation is 2. The minimum Gasteiger partial charge on any atom is -0.266 e. The van der Waals surface area contributed by atoms with Gasteiger partial charge in [-0.05, 0) is 25.1 Å². The lowest BCUT2D eigenvalue weighted by Gasteiger charge is -1.98. The Hall–Kier alpha value is -2.02. The number of thiophene rings is 1. The molecule has 2 heterocycles. The predicted molar refractivity (Wildman–Crippen MR) is 67.3 cm³/mol. The molecule has 0 radical (unpaired) electrons. The van der Waals surface area contributed by atoms with Gasteiger partial charge >= 0.3 is 0 Å². The van der Waals surface area contributed by atoms with Crippen molar-refractivity contribution in [3.63, 3.8) is 0 Å². The van der Waals surface area contributed by atoms with E-state index in [2.05, 4.69) is 15.6 Å². The van der Waals surface area contributed by atoms with Gasteiger partial charge in [-0.15, -0.1) is 11.3 Å². The number of hydrogen-bond acceptors (Lipinski definition) is 4. The Labute approximate surface area is 107 Å². The molecule has 0 bridgehead atoms. The zero-order chi connectivity index (χ0) is 13.1. The molecule has 7 heteroatoms. The highest BCUT2D eigenvalue weighted by atomic mass is 32.1. The second kappa shape index (κ2) is 5.09. The second-order valence-corrected chi connectivity index (χ2v) is 4.70. The van der Waals surface area contributed by atoms with Crippen LogP contribution in [-0.2, 0) is 7.05 Å². The van der Waals surface area contributed by atoms with Crippen LogP contribution in [0.3, 0.4) is 0 Å². The Kier molecular flexibility index (Phi) is 3.52. The van der Waals surface area contributed by atoms with Gasteiger partial charge in [0.1, 0.15) is 5.69 Å². The van der Waals surface area contributed by atoms with E-state index in [0.29, 0.717) is 10.6 Å². The number of halogens is 1. The van der Waals surface area contributed by atoms with E-state index in [1.54, 1.807) is 26.1 Å². The van der Waals surface area contributed by atoms with Crippen LogP contribution in [0.1, 0.15) is 21.1 Å². The molecule has 5 nitrogen and oxygen atoms in total. The van der Waals surface area contributed by atoms with E-state index in [1.165, 1.54) is 17.0 Å². The van der Waals surface area contributed by atoms with Crippen LogP contribution in [0.4, 0.5) is 4.39 Å². The Morgan fingerprint density at radius 3 is 2.94 bits per heavy atom. The summed E-state index contributed by atoms with van der Waals surface area (Å²) in [6.07, 6.45) is 1.40. The highest BCUT2D eigenvalue weighted by molar-refractivity contribution is 7.12. The lowest BCUT2D eigenvalue weighted by Crippen LogP contribution is -2.20. The van der Waals surface area contributed by atoms with Crippen molar-refractivity contribution in [3.8, 4) is 0 Å². The zero-order valence-corrected chi connectivity index (χ0v) is 10.7. The van der Waals surface area contributed by atoms with E-state index in [1.807, 2.05) is 0 Å². The van der Waals surface area contributed by atoms with Gasteiger partial charge in [0, 0.05) is 7.05 Å². The van der Waals surface area contributed by atoms with Crippen molar-refractivity contribution in [2.24, 2.45) is 12.1 Å². The number of amides is 1. The Balaban J connectivity index is 2.00. The number of carbonyl (C=O) groups excluding carboxylic acids is 1. The summed E-state index contributed by atoms with van der Waals surface area (Å²) in [6, 6.07) is 4.60. The maximum absolute atomic E-state index is 12.7. The largest absolute Gasteiger partial charge is 0.289 e. The predicted octanol–water partition coefficient (Wildman–Crippen LogP) is 1.69. The molecule has 0 unspecified atom stereocenters. The van der Waals surface area contributed by atoms with Crippen LogP contribution in [-0.4, -0.2) is 21.9 Å². The smallest absolute Gasteiger partial charge is 0.266 e. The summed E-state index contributed by atoms with van der Waals surface area (Å²) >= 11 is 0.958. The molecule has 1 N–H and O–H groups in total. The number of rotatable bonds is 3. The first-order valence-electron chi connectivity index (χ1n) is 5.15. The van der Waals surface area contributed by atoms with Crippen molar-refractivity contribution < 1.29 is 9.18 Å². The number of hydrazone groups is 1. The van der Waals surface area contributed by atoms with E-state index < -0.39 is 0 Å². The van der Waals surface area contributed by atoms with Crippen molar-refractivity contribution in [3.05, 3.63) is 39.6 Å². The first kappa shape index (κ1) is 12.4. The summed E-state index contributed by atoms with van der Waals surface area (Å²) in [7, 11) is 1.68. The average Bonchev–Trinajstić information content (AvgIpc) is 2.85. The number of aromatic nitrogens is 2. The molecule has 0 fully saturated rings. The Bertz CT molecular complexity index is 602. The van der Waals surface area contributed by atoms with Gasteiger partial charge in [-0.3, -0.25) is 9.48 Å². The summed E-state index contributed by atoms with van der Waals surface area (Å²) < 4.78 is 14.2. The van der Waals surface area contributed by atoms with Gasteiger partial charge in [-0.25, -0.2) is 5.43 Å².